The molecule has 1 rings (SSSR count). The van der Waals surface area contributed by atoms with Crippen LogP contribution in [0.2, 0.25) is 0 Å². The SMILES string of the molecule is CCCC(O)CN1CCN(CC(=O)OC)CCN(CC)CCN(CC(=O)OC)CC1. The lowest BCUT2D eigenvalue weighted by Gasteiger charge is -2.34. The molecule has 1 atom stereocenters. The summed E-state index contributed by atoms with van der Waals surface area (Å²) >= 11 is 0. The number of likely N-dealkylation sites (N-methyl/N-ethyl adjacent to an activating group) is 1. The highest BCUT2D eigenvalue weighted by atomic mass is 16.5. The maximum atomic E-state index is 11.8. The van der Waals surface area contributed by atoms with Crippen LogP contribution in [0, 0.1) is 0 Å². The number of hydrogen-bond acceptors (Lipinski definition) is 9. The minimum Gasteiger partial charge on any atom is -0.468 e. The number of methoxy groups -OCH3 is 2. The summed E-state index contributed by atoms with van der Waals surface area (Å²) in [7, 11) is 2.83. The zero-order chi connectivity index (χ0) is 22.4. The van der Waals surface area contributed by atoms with Gasteiger partial charge in [-0.3, -0.25) is 24.3 Å². The fourth-order valence-corrected chi connectivity index (χ4v) is 3.61. The first-order chi connectivity index (χ1) is 14.4. The van der Waals surface area contributed by atoms with Gasteiger partial charge in [-0.25, -0.2) is 0 Å². The van der Waals surface area contributed by atoms with E-state index < -0.39 is 0 Å². The second-order valence-corrected chi connectivity index (χ2v) is 7.88. The van der Waals surface area contributed by atoms with Gasteiger partial charge >= 0.3 is 11.9 Å². The van der Waals surface area contributed by atoms with Crippen LogP contribution in [0.3, 0.4) is 0 Å². The van der Waals surface area contributed by atoms with Gasteiger partial charge in [-0.15, -0.1) is 0 Å². The molecule has 0 aromatic rings. The van der Waals surface area contributed by atoms with Crippen molar-refractivity contribution in [3.63, 3.8) is 0 Å². The second-order valence-electron chi connectivity index (χ2n) is 7.88. The summed E-state index contributed by atoms with van der Waals surface area (Å²) in [5, 5.41) is 10.3. The third kappa shape index (κ3) is 11.2. The summed E-state index contributed by atoms with van der Waals surface area (Å²) in [6.07, 6.45) is 1.33. The molecular formula is C21H42N4O5. The molecule has 1 unspecified atom stereocenters. The molecule has 0 saturated carbocycles. The highest BCUT2D eigenvalue weighted by molar-refractivity contribution is 5.71. The Hall–Kier alpha value is -1.26. The van der Waals surface area contributed by atoms with E-state index >= 15 is 0 Å². The topological polar surface area (TPSA) is 85.8 Å². The summed E-state index contributed by atoms with van der Waals surface area (Å²) in [5.41, 5.74) is 0. The number of carbonyl (C=O) groups is 2. The second kappa shape index (κ2) is 15.5. The number of aliphatic hydroxyl groups is 1. The first-order valence-corrected chi connectivity index (χ1v) is 11.1. The molecule has 0 aromatic carbocycles. The van der Waals surface area contributed by atoms with Gasteiger partial charge < -0.3 is 19.5 Å². The van der Waals surface area contributed by atoms with E-state index in [9.17, 15) is 14.7 Å². The molecule has 1 aliphatic heterocycles. The van der Waals surface area contributed by atoms with E-state index in [1.54, 1.807) is 0 Å². The minimum atomic E-state index is -0.374. The molecule has 0 radical (unpaired) electrons. The van der Waals surface area contributed by atoms with Crippen molar-refractivity contribution in [2.24, 2.45) is 0 Å². The van der Waals surface area contributed by atoms with Gasteiger partial charge in [0, 0.05) is 58.9 Å². The molecular weight excluding hydrogens is 388 g/mol. The zero-order valence-corrected chi connectivity index (χ0v) is 19.3. The smallest absolute Gasteiger partial charge is 0.319 e. The molecule has 0 aromatic heterocycles. The van der Waals surface area contributed by atoms with E-state index in [0.29, 0.717) is 6.54 Å². The van der Waals surface area contributed by atoms with Crippen molar-refractivity contribution in [3.05, 3.63) is 0 Å². The lowest BCUT2D eigenvalue weighted by molar-refractivity contribution is -0.142. The number of rotatable bonds is 9. The van der Waals surface area contributed by atoms with Crippen molar-refractivity contribution < 1.29 is 24.2 Å². The molecule has 1 fully saturated rings. The minimum absolute atomic E-state index is 0.230. The third-order valence-corrected chi connectivity index (χ3v) is 5.63. The Morgan fingerprint density at radius 3 is 1.53 bits per heavy atom. The van der Waals surface area contributed by atoms with Gasteiger partial charge in [-0.2, -0.15) is 0 Å². The standard InChI is InChI=1S/C21H42N4O5/c1-5-7-19(26)16-23-12-14-24(17-20(27)29-3)10-8-22(6-2)9-11-25(15-13-23)18-21(28)30-4/h19,26H,5-18H2,1-4H3. The molecule has 176 valence electrons. The fourth-order valence-electron chi connectivity index (χ4n) is 3.61. The maximum Gasteiger partial charge on any atom is 0.319 e. The predicted octanol–water partition coefficient (Wildman–Crippen LogP) is -0.265. The predicted molar refractivity (Wildman–Crippen MR) is 116 cm³/mol. The van der Waals surface area contributed by atoms with E-state index in [2.05, 4.69) is 33.4 Å². The Labute approximate surface area is 181 Å². The highest BCUT2D eigenvalue weighted by Gasteiger charge is 2.20. The quantitative estimate of drug-likeness (QED) is 0.497. The van der Waals surface area contributed by atoms with Gasteiger partial charge in [0.2, 0.25) is 0 Å². The molecule has 0 bridgehead atoms. The number of aliphatic hydroxyl groups excluding tert-OH is 1. The van der Waals surface area contributed by atoms with Crippen LogP contribution in [-0.2, 0) is 19.1 Å². The monoisotopic (exact) mass is 430 g/mol. The van der Waals surface area contributed by atoms with Crippen LogP contribution in [0.1, 0.15) is 26.7 Å². The van der Waals surface area contributed by atoms with Gasteiger partial charge in [-0.1, -0.05) is 20.3 Å². The normalized spacial score (nSPS) is 20.2. The summed E-state index contributed by atoms with van der Waals surface area (Å²) < 4.78 is 9.73. The molecule has 0 amide bonds. The molecule has 1 heterocycles. The Morgan fingerprint density at radius 2 is 1.17 bits per heavy atom. The third-order valence-electron chi connectivity index (χ3n) is 5.63. The zero-order valence-electron chi connectivity index (χ0n) is 19.3. The Bertz CT molecular complexity index is 460. The number of carbonyl (C=O) groups excluding carboxylic acids is 2. The van der Waals surface area contributed by atoms with E-state index in [1.165, 1.54) is 14.2 Å². The Balaban J connectivity index is 2.87. The summed E-state index contributed by atoms with van der Waals surface area (Å²) in [6.45, 7) is 12.4. The molecule has 0 aliphatic carbocycles. The molecule has 1 aliphatic rings. The molecule has 30 heavy (non-hydrogen) atoms. The van der Waals surface area contributed by atoms with E-state index in [1.807, 2.05) is 0 Å². The van der Waals surface area contributed by atoms with Crippen molar-refractivity contribution in [2.75, 3.05) is 92.8 Å². The maximum absolute atomic E-state index is 11.8. The van der Waals surface area contributed by atoms with Crippen LogP contribution in [0.4, 0.5) is 0 Å². The van der Waals surface area contributed by atoms with Crippen molar-refractivity contribution in [1.82, 2.24) is 19.6 Å². The van der Waals surface area contributed by atoms with E-state index in [4.69, 9.17) is 9.47 Å². The van der Waals surface area contributed by atoms with E-state index in [0.717, 1.165) is 71.7 Å². The number of esters is 2. The van der Waals surface area contributed by atoms with Crippen molar-refractivity contribution in [2.45, 2.75) is 32.8 Å². The van der Waals surface area contributed by atoms with Crippen LogP contribution in [0.15, 0.2) is 0 Å². The van der Waals surface area contributed by atoms with Gasteiger partial charge in [0.25, 0.3) is 0 Å². The average molecular weight is 431 g/mol. The van der Waals surface area contributed by atoms with Crippen molar-refractivity contribution >= 4 is 11.9 Å². The van der Waals surface area contributed by atoms with Gasteiger partial charge in [-0.05, 0) is 13.0 Å². The number of nitrogens with zero attached hydrogens (tertiary/aromatic N) is 4. The lowest BCUT2D eigenvalue weighted by Crippen LogP contribution is -2.48. The summed E-state index contributed by atoms with van der Waals surface area (Å²) in [6, 6.07) is 0. The largest absolute Gasteiger partial charge is 0.468 e. The lowest BCUT2D eigenvalue weighted by atomic mass is 10.2. The summed E-state index contributed by atoms with van der Waals surface area (Å²) in [5.74, 6) is -0.459. The Morgan fingerprint density at radius 1 is 0.767 bits per heavy atom. The molecule has 1 saturated heterocycles. The number of hydrogen-bond donors (Lipinski definition) is 1. The van der Waals surface area contributed by atoms with Crippen LogP contribution >= 0.6 is 0 Å². The van der Waals surface area contributed by atoms with Gasteiger partial charge in [0.05, 0.1) is 33.4 Å². The average Bonchev–Trinajstić information content (AvgIpc) is 2.73. The van der Waals surface area contributed by atoms with Gasteiger partial charge in [0.1, 0.15) is 0 Å². The fraction of sp³-hybridized carbons (Fsp3) is 0.905. The van der Waals surface area contributed by atoms with Gasteiger partial charge in [0.15, 0.2) is 0 Å². The first kappa shape index (κ1) is 26.8. The molecule has 9 nitrogen and oxygen atoms in total. The van der Waals surface area contributed by atoms with Crippen LogP contribution < -0.4 is 0 Å². The molecule has 0 spiro atoms. The first-order valence-electron chi connectivity index (χ1n) is 11.1. The highest BCUT2D eigenvalue weighted by Crippen LogP contribution is 2.04. The number of β-amino-alcohol motifs (C(OH)–C–C–N with tert-alkyl or cyclic N) is 1. The van der Waals surface area contributed by atoms with Crippen molar-refractivity contribution in [3.8, 4) is 0 Å². The van der Waals surface area contributed by atoms with Crippen LogP contribution in [0.25, 0.3) is 0 Å². The summed E-state index contributed by atoms with van der Waals surface area (Å²) in [4.78, 5) is 32.5. The molecule has 1 N–H and O–H groups in total. The van der Waals surface area contributed by atoms with Crippen molar-refractivity contribution in [1.29, 1.82) is 0 Å². The van der Waals surface area contributed by atoms with Crippen LogP contribution in [0.5, 0.6) is 0 Å². The van der Waals surface area contributed by atoms with E-state index in [-0.39, 0.29) is 31.1 Å². The molecule has 9 heteroatoms. The van der Waals surface area contributed by atoms with Crippen LogP contribution in [-0.4, -0.2) is 136 Å². The number of ether oxygens (including phenoxy) is 2. The Kier molecular flexibility index (Phi) is 13.9.